The molecule has 2 aromatic carbocycles. The highest BCUT2D eigenvalue weighted by Gasteiger charge is 2.44. The maximum atomic E-state index is 13.5. The molecular weight excluding hydrogens is 338 g/mol. The van der Waals surface area contributed by atoms with Crippen LogP contribution < -0.4 is 9.47 Å². The van der Waals surface area contributed by atoms with Gasteiger partial charge in [-0.05, 0) is 42.2 Å². The van der Waals surface area contributed by atoms with Crippen LogP contribution in [0.15, 0.2) is 48.5 Å². The summed E-state index contributed by atoms with van der Waals surface area (Å²) in [7, 11) is 3.58. The third kappa shape index (κ3) is 3.29. The molecule has 0 spiro atoms. The van der Waals surface area contributed by atoms with Crippen LogP contribution in [0.3, 0.4) is 0 Å². The molecular formula is C23H27NO3. The van der Waals surface area contributed by atoms with E-state index in [0.717, 1.165) is 49.2 Å². The highest BCUT2D eigenvalue weighted by molar-refractivity contribution is 5.88. The number of para-hydroxylation sites is 1. The van der Waals surface area contributed by atoms with Gasteiger partial charge in [-0.3, -0.25) is 4.79 Å². The number of hydrogen-bond acceptors (Lipinski definition) is 3. The molecule has 4 nitrogen and oxygen atoms in total. The molecule has 1 aliphatic heterocycles. The summed E-state index contributed by atoms with van der Waals surface area (Å²) >= 11 is 0. The van der Waals surface area contributed by atoms with Crippen molar-refractivity contribution in [3.05, 3.63) is 59.7 Å². The van der Waals surface area contributed by atoms with Crippen molar-refractivity contribution < 1.29 is 14.3 Å². The van der Waals surface area contributed by atoms with Crippen molar-refractivity contribution in [2.75, 3.05) is 20.7 Å². The van der Waals surface area contributed by atoms with Gasteiger partial charge in [0.2, 0.25) is 5.91 Å². The Balaban J connectivity index is 1.50. The second-order valence-electron chi connectivity index (χ2n) is 7.76. The van der Waals surface area contributed by atoms with Crippen LogP contribution in [0.4, 0.5) is 0 Å². The summed E-state index contributed by atoms with van der Waals surface area (Å²) in [5, 5.41) is 0. The van der Waals surface area contributed by atoms with Gasteiger partial charge in [0.1, 0.15) is 17.6 Å². The first-order valence-electron chi connectivity index (χ1n) is 9.77. The van der Waals surface area contributed by atoms with E-state index in [1.807, 2.05) is 42.3 Å². The van der Waals surface area contributed by atoms with Crippen molar-refractivity contribution in [3.63, 3.8) is 0 Å². The smallest absolute Gasteiger partial charge is 0.233 e. The fourth-order valence-electron chi connectivity index (χ4n) is 4.62. The number of carbonyl (C=O) groups is 1. The minimum Gasteiger partial charge on any atom is -0.497 e. The number of likely N-dealkylation sites (N-methyl/N-ethyl adjacent to an activating group) is 1. The van der Waals surface area contributed by atoms with Crippen molar-refractivity contribution in [2.45, 2.75) is 43.6 Å². The third-order valence-corrected chi connectivity index (χ3v) is 6.05. The SMILES string of the molecule is COc1ccc(C2(C(=O)N(C)CC3Cc4ccccc4O3)CCCC2)cc1. The van der Waals surface area contributed by atoms with Crippen LogP contribution in [0.25, 0.3) is 0 Å². The van der Waals surface area contributed by atoms with E-state index in [4.69, 9.17) is 9.47 Å². The highest BCUT2D eigenvalue weighted by Crippen LogP contribution is 2.43. The minimum absolute atomic E-state index is 0.0330. The monoisotopic (exact) mass is 365 g/mol. The van der Waals surface area contributed by atoms with Gasteiger partial charge in [-0.2, -0.15) is 0 Å². The maximum Gasteiger partial charge on any atom is 0.233 e. The Hall–Kier alpha value is -2.49. The fourth-order valence-corrected chi connectivity index (χ4v) is 4.62. The number of nitrogens with zero attached hydrogens (tertiary/aromatic N) is 1. The van der Waals surface area contributed by atoms with Crippen LogP contribution in [-0.4, -0.2) is 37.6 Å². The molecule has 4 heteroatoms. The maximum absolute atomic E-state index is 13.5. The Morgan fingerprint density at radius 3 is 2.52 bits per heavy atom. The normalized spacial score (nSPS) is 20.0. The minimum atomic E-state index is -0.410. The van der Waals surface area contributed by atoms with E-state index < -0.39 is 5.41 Å². The van der Waals surface area contributed by atoms with E-state index in [0.29, 0.717) is 6.54 Å². The molecule has 142 valence electrons. The molecule has 0 bridgehead atoms. The Morgan fingerprint density at radius 1 is 1.15 bits per heavy atom. The highest BCUT2D eigenvalue weighted by atomic mass is 16.5. The standard InChI is InChI=1S/C23H27NO3/c1-24(16-20-15-17-7-3-4-8-21(17)27-20)22(25)23(13-5-6-14-23)18-9-11-19(26-2)12-10-18/h3-4,7-12,20H,5-6,13-16H2,1-2H3. The van der Waals surface area contributed by atoms with Gasteiger partial charge in [-0.1, -0.05) is 43.2 Å². The predicted molar refractivity (Wildman–Crippen MR) is 105 cm³/mol. The Kier molecular flexibility index (Phi) is 4.81. The largest absolute Gasteiger partial charge is 0.497 e. The number of ether oxygens (including phenoxy) is 2. The van der Waals surface area contributed by atoms with E-state index >= 15 is 0 Å². The van der Waals surface area contributed by atoms with E-state index in [1.165, 1.54) is 5.56 Å². The van der Waals surface area contributed by atoms with E-state index in [2.05, 4.69) is 18.2 Å². The summed E-state index contributed by atoms with van der Waals surface area (Å²) in [6, 6.07) is 16.2. The number of amides is 1. The van der Waals surface area contributed by atoms with Crippen molar-refractivity contribution in [3.8, 4) is 11.5 Å². The van der Waals surface area contributed by atoms with Crippen LogP contribution in [0.2, 0.25) is 0 Å². The average molecular weight is 365 g/mol. The fraction of sp³-hybridized carbons (Fsp3) is 0.435. The molecule has 0 radical (unpaired) electrons. The molecule has 1 aliphatic carbocycles. The zero-order valence-electron chi connectivity index (χ0n) is 16.1. The van der Waals surface area contributed by atoms with Crippen LogP contribution in [0, 0.1) is 0 Å². The lowest BCUT2D eigenvalue weighted by atomic mass is 9.77. The number of rotatable bonds is 5. The molecule has 1 saturated carbocycles. The average Bonchev–Trinajstić information content (AvgIpc) is 3.34. The van der Waals surface area contributed by atoms with Gasteiger partial charge in [-0.25, -0.2) is 0 Å². The Bertz CT molecular complexity index is 784. The summed E-state index contributed by atoms with van der Waals surface area (Å²) < 4.78 is 11.3. The summed E-state index contributed by atoms with van der Waals surface area (Å²) in [5.74, 6) is 1.99. The third-order valence-electron chi connectivity index (χ3n) is 6.05. The van der Waals surface area contributed by atoms with Crippen molar-refractivity contribution in [1.82, 2.24) is 4.90 Å². The molecule has 1 amide bonds. The van der Waals surface area contributed by atoms with Gasteiger partial charge in [0.25, 0.3) is 0 Å². The van der Waals surface area contributed by atoms with Crippen LogP contribution in [0.1, 0.15) is 36.8 Å². The van der Waals surface area contributed by atoms with Gasteiger partial charge in [-0.15, -0.1) is 0 Å². The summed E-state index contributed by atoms with van der Waals surface area (Å²) in [5.41, 5.74) is 1.93. The van der Waals surface area contributed by atoms with Crippen molar-refractivity contribution >= 4 is 5.91 Å². The van der Waals surface area contributed by atoms with Gasteiger partial charge in [0.15, 0.2) is 0 Å². The molecule has 1 unspecified atom stereocenters. The first kappa shape index (κ1) is 17.9. The number of carbonyl (C=O) groups excluding carboxylic acids is 1. The van der Waals surface area contributed by atoms with Gasteiger partial charge >= 0.3 is 0 Å². The van der Waals surface area contributed by atoms with Crippen LogP contribution >= 0.6 is 0 Å². The topological polar surface area (TPSA) is 38.8 Å². The molecule has 27 heavy (non-hydrogen) atoms. The van der Waals surface area contributed by atoms with E-state index in [1.54, 1.807) is 7.11 Å². The zero-order chi connectivity index (χ0) is 18.9. The first-order chi connectivity index (χ1) is 13.1. The van der Waals surface area contributed by atoms with Gasteiger partial charge in [0.05, 0.1) is 19.1 Å². The molecule has 4 rings (SSSR count). The number of hydrogen-bond donors (Lipinski definition) is 0. The van der Waals surface area contributed by atoms with Gasteiger partial charge < -0.3 is 14.4 Å². The Morgan fingerprint density at radius 2 is 1.85 bits per heavy atom. The lowest BCUT2D eigenvalue weighted by Crippen LogP contribution is -2.46. The van der Waals surface area contributed by atoms with Crippen molar-refractivity contribution in [1.29, 1.82) is 0 Å². The van der Waals surface area contributed by atoms with Crippen LogP contribution in [0.5, 0.6) is 11.5 Å². The molecule has 1 atom stereocenters. The van der Waals surface area contributed by atoms with Gasteiger partial charge in [0, 0.05) is 13.5 Å². The summed E-state index contributed by atoms with van der Waals surface area (Å²) in [4.78, 5) is 15.4. The second-order valence-corrected chi connectivity index (χ2v) is 7.76. The molecule has 2 aromatic rings. The number of fused-ring (bicyclic) bond motifs is 1. The molecule has 0 saturated heterocycles. The predicted octanol–water partition coefficient (Wildman–Crippen LogP) is 3.97. The van der Waals surface area contributed by atoms with E-state index in [9.17, 15) is 4.79 Å². The van der Waals surface area contributed by atoms with Crippen LogP contribution in [-0.2, 0) is 16.6 Å². The molecule has 1 fully saturated rings. The lowest BCUT2D eigenvalue weighted by Gasteiger charge is -2.34. The first-order valence-corrected chi connectivity index (χ1v) is 9.77. The molecule has 2 aliphatic rings. The Labute approximate surface area is 161 Å². The second kappa shape index (κ2) is 7.26. The summed E-state index contributed by atoms with van der Waals surface area (Å²) in [6.07, 6.45) is 4.91. The lowest BCUT2D eigenvalue weighted by molar-refractivity contribution is -0.137. The molecule has 1 heterocycles. The number of benzene rings is 2. The summed E-state index contributed by atoms with van der Waals surface area (Å²) in [6.45, 7) is 0.616. The zero-order valence-corrected chi connectivity index (χ0v) is 16.1. The van der Waals surface area contributed by atoms with Crippen molar-refractivity contribution in [2.24, 2.45) is 0 Å². The molecule has 0 N–H and O–H groups in total. The van der Waals surface area contributed by atoms with E-state index in [-0.39, 0.29) is 12.0 Å². The molecule has 0 aromatic heterocycles. The quantitative estimate of drug-likeness (QED) is 0.805. The number of methoxy groups -OCH3 is 1.